The number of rotatable bonds is 8. The number of aromatic nitrogens is 2. The van der Waals surface area contributed by atoms with E-state index in [-0.39, 0.29) is 34.3 Å². The average Bonchev–Trinajstić information content (AvgIpc) is 3.55. The van der Waals surface area contributed by atoms with Crippen LogP contribution in [0.5, 0.6) is 11.8 Å². The lowest BCUT2D eigenvalue weighted by Gasteiger charge is -2.27. The number of carbonyl (C=O) groups is 2. The van der Waals surface area contributed by atoms with E-state index in [0.717, 1.165) is 62.9 Å². The highest BCUT2D eigenvalue weighted by Gasteiger charge is 2.22. The largest absolute Gasteiger partial charge is 0.493 e. The number of fused-ring (bicyclic) bond motifs is 2. The zero-order chi connectivity index (χ0) is 33.0. The van der Waals surface area contributed by atoms with Crippen molar-refractivity contribution in [3.8, 4) is 11.8 Å². The van der Waals surface area contributed by atoms with Crippen LogP contribution in [0.1, 0.15) is 59.2 Å². The summed E-state index contributed by atoms with van der Waals surface area (Å²) in [5, 5.41) is 39.9. The van der Waals surface area contributed by atoms with Gasteiger partial charge in [0.25, 0.3) is 11.8 Å². The summed E-state index contributed by atoms with van der Waals surface area (Å²) < 4.78 is 3.60. The Hall–Kier alpha value is -5.20. The van der Waals surface area contributed by atoms with E-state index < -0.39 is 11.8 Å². The third kappa shape index (κ3) is 6.36. The lowest BCUT2D eigenvalue weighted by atomic mass is 10.1. The summed E-state index contributed by atoms with van der Waals surface area (Å²) in [6.07, 6.45) is 6.90. The fraction of sp³-hybridized carbons (Fsp3) is 0.333. The van der Waals surface area contributed by atoms with Crippen LogP contribution < -0.4 is 0 Å². The van der Waals surface area contributed by atoms with E-state index in [4.69, 9.17) is 0 Å². The van der Waals surface area contributed by atoms with Gasteiger partial charge in [-0.3, -0.25) is 28.5 Å². The summed E-state index contributed by atoms with van der Waals surface area (Å²) in [6, 6.07) is 21.0. The third-order valence-electron chi connectivity index (χ3n) is 9.25. The van der Waals surface area contributed by atoms with Crippen molar-refractivity contribution < 1.29 is 19.8 Å². The molecule has 12 nitrogen and oxygen atoms in total. The molecule has 2 fully saturated rings. The molecule has 0 bridgehead atoms. The molecule has 2 N–H and O–H groups in total. The van der Waals surface area contributed by atoms with Gasteiger partial charge in [0, 0.05) is 21.9 Å². The molecular weight excluding hydrogens is 608 g/mol. The molecule has 0 spiro atoms. The Morgan fingerprint density at radius 2 is 0.979 bits per heavy atom. The lowest BCUT2D eigenvalue weighted by Crippen LogP contribution is -2.31. The van der Waals surface area contributed by atoms with Crippen molar-refractivity contribution >= 4 is 45.0 Å². The molecule has 7 rings (SSSR count). The third-order valence-corrected chi connectivity index (χ3v) is 9.25. The van der Waals surface area contributed by atoms with Crippen molar-refractivity contribution in [1.82, 2.24) is 18.9 Å². The number of carbonyl (C=O) groups excluding carboxylic acids is 2. The predicted molar refractivity (Wildman–Crippen MR) is 182 cm³/mol. The highest BCUT2D eigenvalue weighted by molar-refractivity contribution is 6.01. The Bertz CT molecular complexity index is 1890. The first-order chi connectivity index (χ1) is 23.5. The molecule has 0 aliphatic carbocycles. The van der Waals surface area contributed by atoms with Crippen molar-refractivity contribution in [2.45, 2.75) is 51.9 Å². The summed E-state index contributed by atoms with van der Waals surface area (Å²) in [6.45, 7) is 4.87. The van der Waals surface area contributed by atoms with Gasteiger partial charge in [-0.2, -0.15) is 0 Å². The summed E-state index contributed by atoms with van der Waals surface area (Å²) >= 11 is 0. The van der Waals surface area contributed by atoms with Gasteiger partial charge in [0.15, 0.2) is 11.4 Å². The topological polar surface area (TPSA) is 140 Å². The Balaban J connectivity index is 1.10. The van der Waals surface area contributed by atoms with Gasteiger partial charge in [0.2, 0.25) is 11.8 Å². The molecule has 4 heterocycles. The monoisotopic (exact) mass is 646 g/mol. The number of benzene rings is 3. The summed E-state index contributed by atoms with van der Waals surface area (Å²) in [7, 11) is 0. The summed E-state index contributed by atoms with van der Waals surface area (Å²) in [5.41, 5.74) is 2.32. The van der Waals surface area contributed by atoms with E-state index in [1.807, 2.05) is 48.5 Å². The minimum atomic E-state index is -0.674. The maximum absolute atomic E-state index is 13.1. The predicted octanol–water partition coefficient (Wildman–Crippen LogP) is 7.74. The van der Waals surface area contributed by atoms with Crippen molar-refractivity contribution in [1.29, 1.82) is 0 Å². The quantitative estimate of drug-likeness (QED) is 0.165. The molecular formula is C36H38N8O4. The van der Waals surface area contributed by atoms with Crippen LogP contribution in [0.25, 0.3) is 21.8 Å². The number of hydrogen-bond donors (Lipinski definition) is 2. The van der Waals surface area contributed by atoms with Crippen molar-refractivity contribution in [3.05, 3.63) is 83.9 Å². The van der Waals surface area contributed by atoms with Gasteiger partial charge in [0.05, 0.1) is 24.4 Å². The zero-order valence-electron chi connectivity index (χ0n) is 26.7. The van der Waals surface area contributed by atoms with Gasteiger partial charge in [-0.1, -0.05) is 55.3 Å². The minimum Gasteiger partial charge on any atom is -0.493 e. The van der Waals surface area contributed by atoms with Crippen LogP contribution in [0.3, 0.4) is 0 Å². The molecule has 2 amide bonds. The van der Waals surface area contributed by atoms with E-state index >= 15 is 0 Å². The van der Waals surface area contributed by atoms with Crippen LogP contribution in [0, 0.1) is 0 Å². The Morgan fingerprint density at radius 1 is 0.562 bits per heavy atom. The summed E-state index contributed by atoms with van der Waals surface area (Å²) in [5.74, 6) is -1.45. The molecule has 2 aliphatic rings. The van der Waals surface area contributed by atoms with Crippen molar-refractivity contribution in [2.75, 3.05) is 26.2 Å². The van der Waals surface area contributed by atoms with E-state index in [1.54, 1.807) is 15.2 Å². The van der Waals surface area contributed by atoms with Gasteiger partial charge in [0.1, 0.15) is 0 Å². The molecule has 2 aromatic heterocycles. The van der Waals surface area contributed by atoms with Gasteiger partial charge in [-0.05, 0) is 82.2 Å². The molecule has 2 aliphatic heterocycles. The van der Waals surface area contributed by atoms with E-state index in [1.165, 1.54) is 31.0 Å². The second kappa shape index (κ2) is 13.9. The number of hydrogen-bond acceptors (Lipinski definition) is 8. The second-order valence-electron chi connectivity index (χ2n) is 12.5. The van der Waals surface area contributed by atoms with Gasteiger partial charge < -0.3 is 10.2 Å². The second-order valence-corrected chi connectivity index (χ2v) is 12.5. The molecule has 0 saturated carbocycles. The maximum Gasteiger partial charge on any atom is 0.295 e. The fourth-order valence-corrected chi connectivity index (χ4v) is 6.72. The van der Waals surface area contributed by atoms with Crippen LogP contribution >= 0.6 is 0 Å². The molecule has 246 valence electrons. The molecule has 0 radical (unpaired) electrons. The minimum absolute atomic E-state index is 0.0526. The molecule has 0 atom stereocenters. The molecule has 3 aromatic carbocycles. The van der Waals surface area contributed by atoms with Crippen LogP contribution in [-0.4, -0.2) is 67.1 Å². The van der Waals surface area contributed by atoms with Gasteiger partial charge >= 0.3 is 0 Å². The van der Waals surface area contributed by atoms with Crippen LogP contribution in [0.4, 0.5) is 11.4 Å². The normalized spacial score (nSPS) is 16.5. The number of aromatic hydroxyl groups is 2. The highest BCUT2D eigenvalue weighted by atomic mass is 16.3. The van der Waals surface area contributed by atoms with E-state index in [0.29, 0.717) is 24.1 Å². The van der Waals surface area contributed by atoms with Crippen LogP contribution in [-0.2, 0) is 13.3 Å². The fourth-order valence-electron chi connectivity index (χ4n) is 6.72. The number of azo groups is 2. The number of piperidine rings is 2. The van der Waals surface area contributed by atoms with Gasteiger partial charge in [-0.15, -0.1) is 20.5 Å². The lowest BCUT2D eigenvalue weighted by molar-refractivity contribution is 0.0994. The molecule has 2 saturated heterocycles. The standard InChI is InChI=1S/C36H38N8O4/c45-33(39-37-31-27-14-3-5-16-29(27)43(35(31)47)23-41-18-7-1-8-19-41)25-12-11-13-26(22-25)34(46)40-38-32-28-15-4-6-17-30(28)44(36(32)48)24-42-20-9-2-10-21-42/h3-6,11-17,22,47-48H,1-2,7-10,18-21,23-24H2. The van der Waals surface area contributed by atoms with E-state index in [9.17, 15) is 19.8 Å². The summed E-state index contributed by atoms with van der Waals surface area (Å²) in [4.78, 5) is 30.9. The Kier molecular flexibility index (Phi) is 9.08. The van der Waals surface area contributed by atoms with E-state index in [2.05, 4.69) is 30.3 Å². The first-order valence-electron chi connectivity index (χ1n) is 16.6. The number of nitrogens with zero attached hydrogens (tertiary/aromatic N) is 8. The smallest absolute Gasteiger partial charge is 0.295 e. The SMILES string of the molecule is O=C(N=Nc1c(O)n(CN2CCCCC2)c2ccccc12)c1cccc(C(=O)N=Nc2c(O)n(CN3CCCCC3)c3ccccc23)c1. The maximum atomic E-state index is 13.1. The number of amides is 2. The Morgan fingerprint density at radius 3 is 1.42 bits per heavy atom. The van der Waals surface area contributed by atoms with Gasteiger partial charge in [-0.25, -0.2) is 0 Å². The molecule has 5 aromatic rings. The zero-order valence-corrected chi connectivity index (χ0v) is 26.7. The van der Waals surface area contributed by atoms with Crippen LogP contribution in [0.2, 0.25) is 0 Å². The Labute approximate surface area is 277 Å². The average molecular weight is 647 g/mol. The van der Waals surface area contributed by atoms with Crippen molar-refractivity contribution in [2.24, 2.45) is 20.5 Å². The highest BCUT2D eigenvalue weighted by Crippen LogP contribution is 2.40. The molecule has 48 heavy (non-hydrogen) atoms. The van der Waals surface area contributed by atoms with Crippen molar-refractivity contribution in [3.63, 3.8) is 0 Å². The number of para-hydroxylation sites is 2. The molecule has 12 heteroatoms. The number of likely N-dealkylation sites (tertiary alicyclic amines) is 2. The molecule has 0 unspecified atom stereocenters. The first kappa shape index (κ1) is 31.4. The first-order valence-corrected chi connectivity index (χ1v) is 16.6. The van der Waals surface area contributed by atoms with Crippen LogP contribution in [0.15, 0.2) is 93.3 Å².